The minimum absolute atomic E-state index is 0.0582. The van der Waals surface area contributed by atoms with Crippen molar-refractivity contribution in [1.29, 1.82) is 0 Å². The molecule has 178 valence electrons. The molecule has 2 aromatic heterocycles. The number of nitrogens with one attached hydrogen (secondary N) is 1. The van der Waals surface area contributed by atoms with E-state index in [1.165, 1.54) is 43.2 Å². The van der Waals surface area contributed by atoms with Gasteiger partial charge in [-0.3, -0.25) is 4.79 Å². The molecule has 7 nitrogen and oxygen atoms in total. The van der Waals surface area contributed by atoms with Gasteiger partial charge in [0, 0.05) is 23.6 Å². The van der Waals surface area contributed by atoms with Gasteiger partial charge >= 0.3 is 5.97 Å². The van der Waals surface area contributed by atoms with Crippen molar-refractivity contribution in [3.63, 3.8) is 0 Å². The zero-order valence-corrected chi connectivity index (χ0v) is 19.8. The Bertz CT molecular complexity index is 930. The molecule has 0 saturated carbocycles. The minimum atomic E-state index is -0.899. The van der Waals surface area contributed by atoms with Crippen LogP contribution in [0.1, 0.15) is 79.1 Å². The number of aliphatic carboxylic acids is 1. The molecule has 0 aliphatic rings. The maximum Gasteiger partial charge on any atom is 0.303 e. The summed E-state index contributed by atoms with van der Waals surface area (Å²) in [5.74, 6) is -0.513. The van der Waals surface area contributed by atoms with Crippen molar-refractivity contribution in [3.05, 3.63) is 63.6 Å². The highest BCUT2D eigenvalue weighted by molar-refractivity contribution is 7.10. The van der Waals surface area contributed by atoms with Gasteiger partial charge in [0.2, 0.25) is 0 Å². The molecule has 0 fully saturated rings. The van der Waals surface area contributed by atoms with Gasteiger partial charge in [0.25, 0.3) is 0 Å². The topological polar surface area (TPSA) is 112 Å². The fraction of sp³-hybridized carbons (Fsp3) is 0.520. The molecule has 0 radical (unpaired) electrons. The zero-order valence-electron chi connectivity index (χ0n) is 19.0. The highest BCUT2D eigenvalue weighted by Crippen LogP contribution is 2.33. The van der Waals surface area contributed by atoms with E-state index in [1.807, 2.05) is 0 Å². The van der Waals surface area contributed by atoms with Crippen molar-refractivity contribution in [2.45, 2.75) is 82.7 Å². The van der Waals surface area contributed by atoms with Crippen LogP contribution in [0.2, 0.25) is 0 Å². The molecule has 0 aliphatic carbocycles. The highest BCUT2D eigenvalue weighted by Gasteiger charge is 2.27. The number of hydrogen-bond donors (Lipinski definition) is 3. The number of rotatable bonds is 16. The van der Waals surface area contributed by atoms with E-state index >= 15 is 0 Å². The highest BCUT2D eigenvalue weighted by atomic mass is 32.1. The molecule has 2 atom stereocenters. The van der Waals surface area contributed by atoms with E-state index in [-0.39, 0.29) is 18.8 Å². The molecule has 0 bridgehead atoms. The summed E-state index contributed by atoms with van der Waals surface area (Å²) in [7, 11) is 0. The zero-order chi connectivity index (χ0) is 23.3. The van der Waals surface area contributed by atoms with Crippen LogP contribution in [-0.2, 0) is 24.1 Å². The van der Waals surface area contributed by atoms with E-state index in [2.05, 4.69) is 62.4 Å². The Morgan fingerprint density at radius 3 is 2.42 bits per heavy atom. The Hall–Kier alpha value is -2.58. The first kappa shape index (κ1) is 25.1. The molecule has 0 saturated heterocycles. The quantitative estimate of drug-likeness (QED) is 0.256. The Kier molecular flexibility index (Phi) is 10.5. The number of carbonyl (C=O) groups is 1. The molecular weight excluding hydrogens is 436 g/mol. The third-order valence-electron chi connectivity index (χ3n) is 6.04. The van der Waals surface area contributed by atoms with Crippen LogP contribution in [-0.4, -0.2) is 42.9 Å². The lowest BCUT2D eigenvalue weighted by Gasteiger charge is -2.22. The van der Waals surface area contributed by atoms with Crippen molar-refractivity contribution >= 4 is 17.3 Å². The molecule has 33 heavy (non-hydrogen) atoms. The van der Waals surface area contributed by atoms with Gasteiger partial charge in [-0.1, -0.05) is 56.0 Å². The van der Waals surface area contributed by atoms with Gasteiger partial charge in [0.15, 0.2) is 0 Å². The van der Waals surface area contributed by atoms with Crippen LogP contribution < -0.4 is 0 Å². The number of thiophene rings is 1. The van der Waals surface area contributed by atoms with Crippen LogP contribution in [0, 0.1) is 0 Å². The molecule has 8 heteroatoms. The van der Waals surface area contributed by atoms with Crippen LogP contribution in [0.4, 0.5) is 0 Å². The monoisotopic (exact) mass is 470 g/mol. The predicted molar refractivity (Wildman–Crippen MR) is 129 cm³/mol. The van der Waals surface area contributed by atoms with Gasteiger partial charge in [0.1, 0.15) is 5.82 Å². The van der Waals surface area contributed by atoms with Gasteiger partial charge < -0.3 is 10.2 Å². The predicted octanol–water partition coefficient (Wildman–Crippen LogP) is 4.94. The van der Waals surface area contributed by atoms with Gasteiger partial charge in [-0.2, -0.15) is 0 Å². The first-order valence-corrected chi connectivity index (χ1v) is 12.7. The summed E-state index contributed by atoms with van der Waals surface area (Å²) in [6.07, 6.45) is 9.30. The maximum atomic E-state index is 11.0. The number of carboxylic acids is 1. The molecule has 3 N–H and O–H groups in total. The molecule has 0 amide bonds. The normalized spacial score (nSPS) is 13.1. The number of nitrogens with zero attached hydrogens (tertiary/aromatic N) is 3. The smallest absolute Gasteiger partial charge is 0.303 e. The first-order valence-electron chi connectivity index (χ1n) is 11.9. The lowest BCUT2D eigenvalue weighted by Crippen LogP contribution is -2.22. The molecule has 2 heterocycles. The van der Waals surface area contributed by atoms with Crippen LogP contribution in [0.15, 0.2) is 41.8 Å². The lowest BCUT2D eigenvalue weighted by molar-refractivity contribution is -0.137. The summed E-state index contributed by atoms with van der Waals surface area (Å²) in [5.41, 5.74) is 2.67. The molecule has 0 aliphatic heterocycles. The summed E-state index contributed by atoms with van der Waals surface area (Å²) < 4.78 is 0. The number of unbranched alkanes of at least 4 members (excludes halogenated alkanes) is 5. The SMILES string of the molecule is O=C(O)CCC(O)C(Cc1nnn[nH]1)c1sccc1CCCCCCCCc1ccccc1. The van der Waals surface area contributed by atoms with Gasteiger partial charge in [-0.15, -0.1) is 16.4 Å². The molecular formula is C25H34N4O3S. The number of aryl methyl sites for hydroxylation is 2. The van der Waals surface area contributed by atoms with Crippen molar-refractivity contribution in [1.82, 2.24) is 20.6 Å². The van der Waals surface area contributed by atoms with E-state index in [1.54, 1.807) is 11.3 Å². The number of tetrazole rings is 1. The second-order valence-electron chi connectivity index (χ2n) is 8.58. The summed E-state index contributed by atoms with van der Waals surface area (Å²) in [5, 5.41) is 35.8. The largest absolute Gasteiger partial charge is 0.481 e. The minimum Gasteiger partial charge on any atom is -0.481 e. The van der Waals surface area contributed by atoms with E-state index in [0.29, 0.717) is 12.2 Å². The molecule has 1 aromatic carbocycles. The average molecular weight is 471 g/mol. The van der Waals surface area contributed by atoms with E-state index < -0.39 is 12.1 Å². The summed E-state index contributed by atoms with van der Waals surface area (Å²) >= 11 is 1.62. The molecule has 2 unspecified atom stereocenters. The van der Waals surface area contributed by atoms with E-state index in [0.717, 1.165) is 24.1 Å². The third-order valence-corrected chi connectivity index (χ3v) is 7.13. The van der Waals surface area contributed by atoms with E-state index in [4.69, 9.17) is 5.11 Å². The van der Waals surface area contributed by atoms with Crippen molar-refractivity contribution in [2.24, 2.45) is 0 Å². The van der Waals surface area contributed by atoms with Gasteiger partial charge in [-0.25, -0.2) is 5.10 Å². The third kappa shape index (κ3) is 8.70. The maximum absolute atomic E-state index is 11.0. The summed E-state index contributed by atoms with van der Waals surface area (Å²) in [4.78, 5) is 12.1. The van der Waals surface area contributed by atoms with Crippen LogP contribution in [0.25, 0.3) is 0 Å². The fourth-order valence-electron chi connectivity index (χ4n) is 4.23. The Morgan fingerprint density at radius 1 is 1.00 bits per heavy atom. The fourth-order valence-corrected chi connectivity index (χ4v) is 5.34. The second kappa shape index (κ2) is 13.9. The number of carboxylic acid groups (broad SMARTS) is 1. The standard InChI is InChI=1S/C25H34N4O3S/c30-22(14-15-24(31)32)21(18-23-26-28-29-27-23)25-20(16-17-33-25)13-9-4-2-1-3-6-10-19-11-7-5-8-12-19/h5,7-8,11-12,16-17,21-22,30H,1-4,6,9-10,13-15,18H2,(H,31,32)(H,26,27,28,29). The van der Waals surface area contributed by atoms with Crippen molar-refractivity contribution in [3.8, 4) is 0 Å². The summed E-state index contributed by atoms with van der Waals surface area (Å²) in [6, 6.07) is 12.8. The average Bonchev–Trinajstić information content (AvgIpc) is 3.50. The van der Waals surface area contributed by atoms with E-state index in [9.17, 15) is 9.90 Å². The lowest BCUT2D eigenvalue weighted by atomic mass is 9.90. The Balaban J connectivity index is 1.44. The number of aliphatic hydroxyl groups excluding tert-OH is 1. The van der Waals surface area contributed by atoms with Gasteiger partial charge in [-0.05, 0) is 65.1 Å². The molecule has 3 aromatic rings. The Morgan fingerprint density at radius 2 is 1.73 bits per heavy atom. The number of H-pyrrole nitrogens is 1. The number of hydrogen-bond acceptors (Lipinski definition) is 6. The van der Waals surface area contributed by atoms with Crippen molar-refractivity contribution < 1.29 is 15.0 Å². The number of aromatic nitrogens is 4. The van der Waals surface area contributed by atoms with Crippen molar-refractivity contribution in [2.75, 3.05) is 0 Å². The summed E-state index contributed by atoms with van der Waals surface area (Å²) in [6.45, 7) is 0. The molecule has 0 spiro atoms. The number of aromatic amines is 1. The van der Waals surface area contributed by atoms with Gasteiger partial charge in [0.05, 0.1) is 6.10 Å². The number of benzene rings is 1. The second-order valence-corrected chi connectivity index (χ2v) is 9.52. The number of aliphatic hydroxyl groups is 1. The Labute approximate surface area is 199 Å². The van der Waals surface area contributed by atoms with Crippen LogP contribution >= 0.6 is 11.3 Å². The van der Waals surface area contributed by atoms with Crippen LogP contribution in [0.5, 0.6) is 0 Å². The molecule has 3 rings (SSSR count). The first-order chi connectivity index (χ1) is 16.1. The van der Waals surface area contributed by atoms with Crippen LogP contribution in [0.3, 0.4) is 0 Å².